The zero-order chi connectivity index (χ0) is 17.3. The molecule has 0 bridgehead atoms. The number of amides is 1. The van der Waals surface area contributed by atoms with E-state index in [4.69, 9.17) is 4.74 Å². The van der Waals surface area contributed by atoms with E-state index in [0.717, 1.165) is 25.7 Å². The molecule has 1 amide bonds. The molecule has 0 saturated carbocycles. The van der Waals surface area contributed by atoms with Gasteiger partial charge in [-0.3, -0.25) is 4.90 Å². The molecule has 1 aliphatic rings. The monoisotopic (exact) mass is 323 g/mol. The Morgan fingerprint density at radius 2 is 1.43 bits per heavy atom. The van der Waals surface area contributed by atoms with Crippen molar-refractivity contribution in [2.24, 2.45) is 0 Å². The lowest BCUT2D eigenvalue weighted by Gasteiger charge is -2.33. The van der Waals surface area contributed by atoms with Gasteiger partial charge in [0.05, 0.1) is 12.1 Å². The van der Waals surface area contributed by atoms with E-state index < -0.39 is 5.60 Å². The second-order valence-electron chi connectivity index (χ2n) is 7.75. The fraction of sp³-hybridized carbons (Fsp3) is 0.850. The standard InChI is InChI=1S/C20H37NO2/c1-6-8-10-11-12-14-18-16-15-17(13-9-7-2)21(18)19(22)23-20(3,4)5/h15-18H,6-14H2,1-5H3/t17-,18+/m0/s1. The number of hydrogen-bond acceptors (Lipinski definition) is 2. The molecule has 1 rings (SSSR count). The van der Waals surface area contributed by atoms with Crippen molar-refractivity contribution in [1.82, 2.24) is 4.90 Å². The highest BCUT2D eigenvalue weighted by Crippen LogP contribution is 2.27. The summed E-state index contributed by atoms with van der Waals surface area (Å²) in [5, 5.41) is 0. The molecule has 0 N–H and O–H groups in total. The van der Waals surface area contributed by atoms with Crippen LogP contribution in [0.2, 0.25) is 0 Å². The Kier molecular flexibility index (Phi) is 8.72. The van der Waals surface area contributed by atoms with Gasteiger partial charge in [0.15, 0.2) is 0 Å². The summed E-state index contributed by atoms with van der Waals surface area (Å²) in [6.45, 7) is 10.3. The first kappa shape index (κ1) is 20.1. The SMILES string of the molecule is CCCCCCC[C@@H]1C=C[C@H](CCCC)N1C(=O)OC(C)(C)C. The van der Waals surface area contributed by atoms with Crippen LogP contribution < -0.4 is 0 Å². The molecule has 0 aromatic rings. The van der Waals surface area contributed by atoms with Gasteiger partial charge in [-0.15, -0.1) is 0 Å². The molecule has 3 heteroatoms. The number of unbranched alkanes of at least 4 members (excludes halogenated alkanes) is 5. The number of nitrogens with zero attached hydrogens (tertiary/aromatic N) is 1. The average molecular weight is 324 g/mol. The number of carbonyl (C=O) groups is 1. The Hall–Kier alpha value is -0.990. The molecule has 0 saturated heterocycles. The minimum absolute atomic E-state index is 0.151. The second-order valence-corrected chi connectivity index (χ2v) is 7.75. The highest BCUT2D eigenvalue weighted by Gasteiger charge is 2.34. The van der Waals surface area contributed by atoms with Crippen molar-refractivity contribution in [2.75, 3.05) is 0 Å². The first-order chi connectivity index (χ1) is 10.9. The minimum atomic E-state index is -0.430. The Bertz CT molecular complexity index is 370. The molecule has 0 aromatic carbocycles. The minimum Gasteiger partial charge on any atom is -0.444 e. The summed E-state index contributed by atoms with van der Waals surface area (Å²) >= 11 is 0. The van der Waals surface area contributed by atoms with Gasteiger partial charge in [-0.2, -0.15) is 0 Å². The molecule has 134 valence electrons. The molecule has 0 aromatic heterocycles. The van der Waals surface area contributed by atoms with Crippen LogP contribution in [-0.4, -0.2) is 28.7 Å². The van der Waals surface area contributed by atoms with Crippen LogP contribution in [0.1, 0.15) is 92.4 Å². The van der Waals surface area contributed by atoms with E-state index in [9.17, 15) is 4.79 Å². The van der Waals surface area contributed by atoms with Gasteiger partial charge in [-0.25, -0.2) is 4.79 Å². The number of carbonyl (C=O) groups excluding carboxylic acids is 1. The van der Waals surface area contributed by atoms with Crippen LogP contribution in [-0.2, 0) is 4.74 Å². The van der Waals surface area contributed by atoms with E-state index in [1.54, 1.807) is 0 Å². The molecule has 2 atom stereocenters. The molecular formula is C20H37NO2. The average Bonchev–Trinajstić information content (AvgIpc) is 2.86. The van der Waals surface area contributed by atoms with E-state index in [1.807, 2.05) is 25.7 Å². The highest BCUT2D eigenvalue weighted by atomic mass is 16.6. The Morgan fingerprint density at radius 1 is 0.913 bits per heavy atom. The summed E-state index contributed by atoms with van der Waals surface area (Å²) in [6, 6.07) is 0.429. The van der Waals surface area contributed by atoms with Gasteiger partial charge in [0.25, 0.3) is 0 Å². The normalized spacial score (nSPS) is 21.0. The molecule has 0 aliphatic carbocycles. The van der Waals surface area contributed by atoms with E-state index >= 15 is 0 Å². The molecule has 1 heterocycles. The van der Waals surface area contributed by atoms with Crippen molar-refractivity contribution in [3.8, 4) is 0 Å². The van der Waals surface area contributed by atoms with Crippen molar-refractivity contribution in [1.29, 1.82) is 0 Å². The van der Waals surface area contributed by atoms with Gasteiger partial charge < -0.3 is 4.74 Å². The quantitative estimate of drug-likeness (QED) is 0.380. The van der Waals surface area contributed by atoms with E-state index in [1.165, 1.54) is 32.1 Å². The highest BCUT2D eigenvalue weighted by molar-refractivity contribution is 5.70. The lowest BCUT2D eigenvalue weighted by molar-refractivity contribution is 0.0151. The first-order valence-electron chi connectivity index (χ1n) is 9.58. The van der Waals surface area contributed by atoms with Gasteiger partial charge in [-0.05, 0) is 33.6 Å². The zero-order valence-corrected chi connectivity index (χ0v) is 15.9. The topological polar surface area (TPSA) is 29.5 Å². The molecule has 0 fully saturated rings. The fourth-order valence-corrected chi connectivity index (χ4v) is 3.11. The van der Waals surface area contributed by atoms with Crippen molar-refractivity contribution in [2.45, 2.75) is 110 Å². The number of ether oxygens (including phenoxy) is 1. The van der Waals surface area contributed by atoms with Gasteiger partial charge in [0.2, 0.25) is 0 Å². The maximum atomic E-state index is 12.6. The lowest BCUT2D eigenvalue weighted by atomic mass is 10.1. The van der Waals surface area contributed by atoms with Crippen LogP contribution in [0.5, 0.6) is 0 Å². The third-order valence-corrected chi connectivity index (χ3v) is 4.33. The lowest BCUT2D eigenvalue weighted by Crippen LogP contribution is -2.44. The second kappa shape index (κ2) is 10.00. The van der Waals surface area contributed by atoms with Gasteiger partial charge in [0.1, 0.15) is 5.60 Å². The van der Waals surface area contributed by atoms with E-state index in [-0.39, 0.29) is 18.2 Å². The van der Waals surface area contributed by atoms with Gasteiger partial charge in [-0.1, -0.05) is 70.9 Å². The number of rotatable bonds is 9. The van der Waals surface area contributed by atoms with Crippen molar-refractivity contribution in [3.63, 3.8) is 0 Å². The first-order valence-corrected chi connectivity index (χ1v) is 9.58. The summed E-state index contributed by atoms with van der Waals surface area (Å²) in [4.78, 5) is 14.6. The smallest absolute Gasteiger partial charge is 0.411 e. The van der Waals surface area contributed by atoms with Crippen molar-refractivity contribution < 1.29 is 9.53 Å². The molecular weight excluding hydrogens is 286 g/mol. The molecule has 0 spiro atoms. The Balaban J connectivity index is 2.60. The largest absolute Gasteiger partial charge is 0.444 e. The summed E-state index contributed by atoms with van der Waals surface area (Å²) in [5.74, 6) is 0. The predicted octanol–water partition coefficient (Wildman–Crippen LogP) is 6.08. The van der Waals surface area contributed by atoms with Crippen LogP contribution >= 0.6 is 0 Å². The Morgan fingerprint density at radius 3 is 1.96 bits per heavy atom. The third-order valence-electron chi connectivity index (χ3n) is 4.33. The van der Waals surface area contributed by atoms with Gasteiger partial charge >= 0.3 is 6.09 Å². The third kappa shape index (κ3) is 7.41. The Labute approximate surface area is 143 Å². The van der Waals surface area contributed by atoms with Crippen LogP contribution in [0, 0.1) is 0 Å². The molecule has 0 unspecified atom stereocenters. The van der Waals surface area contributed by atoms with Crippen LogP contribution in [0.15, 0.2) is 12.2 Å². The van der Waals surface area contributed by atoms with Crippen LogP contribution in [0.25, 0.3) is 0 Å². The fourth-order valence-electron chi connectivity index (χ4n) is 3.11. The maximum absolute atomic E-state index is 12.6. The summed E-state index contributed by atoms with van der Waals surface area (Å²) < 4.78 is 5.65. The van der Waals surface area contributed by atoms with Crippen molar-refractivity contribution in [3.05, 3.63) is 12.2 Å². The van der Waals surface area contributed by atoms with Crippen molar-refractivity contribution >= 4 is 6.09 Å². The predicted molar refractivity (Wildman–Crippen MR) is 97.7 cm³/mol. The van der Waals surface area contributed by atoms with E-state index in [0.29, 0.717) is 0 Å². The zero-order valence-electron chi connectivity index (χ0n) is 15.9. The molecule has 23 heavy (non-hydrogen) atoms. The van der Waals surface area contributed by atoms with E-state index in [2.05, 4.69) is 26.0 Å². The number of hydrogen-bond donors (Lipinski definition) is 0. The molecule has 0 radical (unpaired) electrons. The summed E-state index contributed by atoms with van der Waals surface area (Å²) in [6.07, 6.45) is 15.0. The van der Waals surface area contributed by atoms with Crippen LogP contribution in [0.3, 0.4) is 0 Å². The molecule has 3 nitrogen and oxygen atoms in total. The van der Waals surface area contributed by atoms with Gasteiger partial charge in [0, 0.05) is 0 Å². The van der Waals surface area contributed by atoms with Crippen LogP contribution in [0.4, 0.5) is 4.79 Å². The summed E-state index contributed by atoms with van der Waals surface area (Å²) in [7, 11) is 0. The molecule has 1 aliphatic heterocycles. The maximum Gasteiger partial charge on any atom is 0.411 e. The summed E-state index contributed by atoms with van der Waals surface area (Å²) in [5.41, 5.74) is -0.430.